The number of nitrogens with one attached hydrogen (secondary N) is 1. The molecule has 0 spiro atoms. The molecule has 7 heteroatoms. The van der Waals surface area contributed by atoms with Crippen LogP contribution in [0.25, 0.3) is 11.0 Å². The number of fused-ring (bicyclic) bond motifs is 1. The Bertz CT molecular complexity index is 1320. The van der Waals surface area contributed by atoms with E-state index in [4.69, 9.17) is 27.6 Å². The summed E-state index contributed by atoms with van der Waals surface area (Å²) in [5, 5.41) is 3.91. The Balaban J connectivity index is 1.68. The monoisotopic (exact) mass is 466 g/mol. The van der Waals surface area contributed by atoms with E-state index in [0.717, 1.165) is 11.1 Å². The Morgan fingerprint density at radius 2 is 1.69 bits per heavy atom. The first-order valence-electron chi connectivity index (χ1n) is 9.97. The molecule has 5 nitrogen and oxygen atoms in total. The molecule has 1 heterocycles. The standard InChI is InChI=1S/C25H20Cl2N2O3/c1-16-10-11-22-19(12-16)24(30)18(15-32-22)14-29(13-17-6-3-2-4-7-17)25(31)28-23-20(26)8-5-9-21(23)27/h2-12,15H,13-14H2,1H3,(H,28,31). The first-order valence-corrected chi connectivity index (χ1v) is 10.7. The molecule has 0 aliphatic rings. The van der Waals surface area contributed by atoms with E-state index >= 15 is 0 Å². The number of aryl methyl sites for hydroxylation is 1. The van der Waals surface area contributed by atoms with E-state index in [1.807, 2.05) is 43.3 Å². The molecule has 0 fully saturated rings. The minimum atomic E-state index is -0.437. The van der Waals surface area contributed by atoms with Gasteiger partial charge in [0.05, 0.1) is 39.5 Å². The second-order valence-electron chi connectivity index (χ2n) is 7.46. The SMILES string of the molecule is Cc1ccc2occ(CN(Cc3ccccc3)C(=O)Nc3c(Cl)cccc3Cl)c(=O)c2c1. The Kier molecular flexibility index (Phi) is 6.49. The van der Waals surface area contributed by atoms with Crippen molar-refractivity contribution in [1.29, 1.82) is 0 Å². The quantitative estimate of drug-likeness (QED) is 0.358. The summed E-state index contributed by atoms with van der Waals surface area (Å²) in [6, 6.07) is 19.5. The minimum Gasteiger partial charge on any atom is -0.464 e. The molecule has 0 radical (unpaired) electrons. The van der Waals surface area contributed by atoms with Crippen LogP contribution < -0.4 is 10.7 Å². The number of hydrogen-bond acceptors (Lipinski definition) is 3. The number of hydrogen-bond donors (Lipinski definition) is 1. The fraction of sp³-hybridized carbons (Fsp3) is 0.120. The lowest BCUT2D eigenvalue weighted by atomic mass is 10.1. The summed E-state index contributed by atoms with van der Waals surface area (Å²) < 4.78 is 5.67. The molecule has 32 heavy (non-hydrogen) atoms. The van der Waals surface area contributed by atoms with Gasteiger partial charge in [0.1, 0.15) is 5.58 Å². The number of rotatable bonds is 5. The molecule has 1 N–H and O–H groups in total. The van der Waals surface area contributed by atoms with Crippen molar-refractivity contribution in [2.24, 2.45) is 0 Å². The van der Waals surface area contributed by atoms with Gasteiger partial charge in [0.25, 0.3) is 0 Å². The molecule has 4 rings (SSSR count). The van der Waals surface area contributed by atoms with Gasteiger partial charge in [0.2, 0.25) is 0 Å². The lowest BCUT2D eigenvalue weighted by Crippen LogP contribution is -2.35. The third kappa shape index (κ3) is 4.79. The van der Waals surface area contributed by atoms with Crippen LogP contribution in [0.15, 0.2) is 82.2 Å². The predicted molar refractivity (Wildman–Crippen MR) is 128 cm³/mol. The maximum atomic E-state index is 13.2. The predicted octanol–water partition coefficient (Wildman–Crippen LogP) is 6.64. The molecule has 4 aromatic rings. The van der Waals surface area contributed by atoms with Crippen LogP contribution in [-0.2, 0) is 13.1 Å². The average molecular weight is 467 g/mol. The molecule has 0 saturated carbocycles. The number of nitrogens with zero attached hydrogens (tertiary/aromatic N) is 1. The fourth-order valence-electron chi connectivity index (χ4n) is 3.41. The van der Waals surface area contributed by atoms with Crippen molar-refractivity contribution in [3.8, 4) is 0 Å². The van der Waals surface area contributed by atoms with Crippen molar-refractivity contribution in [2.75, 3.05) is 5.32 Å². The summed E-state index contributed by atoms with van der Waals surface area (Å²) in [6.45, 7) is 2.24. The molecule has 3 aromatic carbocycles. The first-order chi connectivity index (χ1) is 15.4. The molecular weight excluding hydrogens is 447 g/mol. The van der Waals surface area contributed by atoms with Crippen LogP contribution in [0.1, 0.15) is 16.7 Å². The molecule has 162 valence electrons. The van der Waals surface area contributed by atoms with Crippen LogP contribution in [-0.4, -0.2) is 10.9 Å². The van der Waals surface area contributed by atoms with Crippen molar-refractivity contribution in [2.45, 2.75) is 20.0 Å². The summed E-state index contributed by atoms with van der Waals surface area (Å²) in [5.41, 5.74) is 2.89. The summed E-state index contributed by atoms with van der Waals surface area (Å²) in [6.07, 6.45) is 1.41. The van der Waals surface area contributed by atoms with Gasteiger partial charge in [-0.1, -0.05) is 71.2 Å². The number of amides is 2. The largest absolute Gasteiger partial charge is 0.464 e. The zero-order chi connectivity index (χ0) is 22.7. The van der Waals surface area contributed by atoms with Gasteiger partial charge in [-0.05, 0) is 36.8 Å². The second kappa shape index (κ2) is 9.47. The number of anilines is 1. The molecule has 1 aromatic heterocycles. The summed E-state index contributed by atoms with van der Waals surface area (Å²) >= 11 is 12.4. The maximum absolute atomic E-state index is 13.2. The molecule has 0 bridgehead atoms. The zero-order valence-electron chi connectivity index (χ0n) is 17.3. The van der Waals surface area contributed by atoms with Crippen molar-refractivity contribution in [3.63, 3.8) is 0 Å². The maximum Gasteiger partial charge on any atom is 0.322 e. The van der Waals surface area contributed by atoms with E-state index in [1.54, 1.807) is 30.3 Å². The van der Waals surface area contributed by atoms with Crippen LogP contribution in [0, 0.1) is 6.92 Å². The van der Waals surface area contributed by atoms with Crippen molar-refractivity contribution in [3.05, 3.63) is 110 Å². The average Bonchev–Trinajstić information content (AvgIpc) is 2.78. The Labute approximate surface area is 195 Å². The lowest BCUT2D eigenvalue weighted by molar-refractivity contribution is 0.206. The highest BCUT2D eigenvalue weighted by atomic mass is 35.5. The van der Waals surface area contributed by atoms with Crippen LogP contribution >= 0.6 is 23.2 Å². The van der Waals surface area contributed by atoms with Crippen molar-refractivity contribution < 1.29 is 9.21 Å². The highest BCUT2D eigenvalue weighted by molar-refractivity contribution is 6.39. The van der Waals surface area contributed by atoms with Crippen LogP contribution in [0.5, 0.6) is 0 Å². The topological polar surface area (TPSA) is 62.6 Å². The van der Waals surface area contributed by atoms with Gasteiger partial charge in [-0.25, -0.2) is 4.79 Å². The van der Waals surface area contributed by atoms with Crippen molar-refractivity contribution in [1.82, 2.24) is 4.90 Å². The van der Waals surface area contributed by atoms with Crippen molar-refractivity contribution >= 4 is 45.9 Å². The van der Waals surface area contributed by atoms with E-state index in [-0.39, 0.29) is 18.5 Å². The Hall–Kier alpha value is -3.28. The van der Waals surface area contributed by atoms with E-state index in [9.17, 15) is 9.59 Å². The van der Waals surface area contributed by atoms with E-state index in [2.05, 4.69) is 5.32 Å². The third-order valence-electron chi connectivity index (χ3n) is 5.06. The Morgan fingerprint density at radius 1 is 0.969 bits per heavy atom. The molecule has 2 amide bonds. The van der Waals surface area contributed by atoms with Gasteiger partial charge in [-0.15, -0.1) is 0 Å². The summed E-state index contributed by atoms with van der Waals surface area (Å²) in [5.74, 6) is 0. The first kappa shape index (κ1) is 21.9. The van der Waals surface area contributed by atoms with Crippen LogP contribution in [0.4, 0.5) is 10.5 Å². The number of urea groups is 1. The minimum absolute atomic E-state index is 0.0506. The third-order valence-corrected chi connectivity index (χ3v) is 5.69. The molecule has 0 unspecified atom stereocenters. The molecule has 0 aliphatic carbocycles. The van der Waals surface area contributed by atoms with Gasteiger partial charge < -0.3 is 14.6 Å². The number of carbonyl (C=O) groups excluding carboxylic acids is 1. The smallest absolute Gasteiger partial charge is 0.322 e. The highest BCUT2D eigenvalue weighted by Gasteiger charge is 2.20. The van der Waals surface area contributed by atoms with E-state index in [1.165, 1.54) is 11.2 Å². The molecular formula is C25H20Cl2N2O3. The molecule has 0 aliphatic heterocycles. The van der Waals surface area contributed by atoms with Gasteiger partial charge in [-0.2, -0.15) is 0 Å². The highest BCUT2D eigenvalue weighted by Crippen LogP contribution is 2.30. The second-order valence-corrected chi connectivity index (χ2v) is 8.27. The van der Waals surface area contributed by atoms with E-state index in [0.29, 0.717) is 32.3 Å². The lowest BCUT2D eigenvalue weighted by Gasteiger charge is -2.24. The zero-order valence-corrected chi connectivity index (χ0v) is 18.8. The van der Waals surface area contributed by atoms with Gasteiger partial charge in [0, 0.05) is 6.54 Å². The number of halogens is 2. The van der Waals surface area contributed by atoms with Gasteiger partial charge in [0.15, 0.2) is 5.43 Å². The molecule has 0 atom stereocenters. The molecule has 0 saturated heterocycles. The van der Waals surface area contributed by atoms with Gasteiger partial charge in [-0.3, -0.25) is 4.79 Å². The summed E-state index contributed by atoms with van der Waals surface area (Å²) in [4.78, 5) is 27.8. The summed E-state index contributed by atoms with van der Waals surface area (Å²) in [7, 11) is 0. The number of para-hydroxylation sites is 1. The Morgan fingerprint density at radius 3 is 2.41 bits per heavy atom. The number of carbonyl (C=O) groups is 1. The fourth-order valence-corrected chi connectivity index (χ4v) is 3.90. The van der Waals surface area contributed by atoms with Crippen LogP contribution in [0.3, 0.4) is 0 Å². The van der Waals surface area contributed by atoms with Crippen LogP contribution in [0.2, 0.25) is 10.0 Å². The number of benzene rings is 3. The van der Waals surface area contributed by atoms with E-state index < -0.39 is 6.03 Å². The normalized spacial score (nSPS) is 10.8. The van der Waals surface area contributed by atoms with Gasteiger partial charge >= 0.3 is 6.03 Å².